The van der Waals surface area contributed by atoms with Gasteiger partial charge in [0.15, 0.2) is 6.29 Å². The summed E-state index contributed by atoms with van der Waals surface area (Å²) in [6.07, 6.45) is -2.86. The quantitative estimate of drug-likeness (QED) is 0.450. The summed E-state index contributed by atoms with van der Waals surface area (Å²) in [4.78, 5) is 0. The average molecular weight is 419 g/mol. The van der Waals surface area contributed by atoms with Gasteiger partial charge in [-0.05, 0) is 20.4 Å². The van der Waals surface area contributed by atoms with Crippen LogP contribution in [0.2, 0.25) is 0 Å². The molecular formula is C16H28NO6Y-. The van der Waals surface area contributed by atoms with Crippen molar-refractivity contribution in [1.29, 1.82) is 0 Å². The van der Waals surface area contributed by atoms with Crippen LogP contribution in [-0.4, -0.2) is 71.0 Å². The number of aliphatic hydroxyl groups excluding tert-OH is 2. The van der Waals surface area contributed by atoms with Crippen LogP contribution in [-0.2, 0) is 46.9 Å². The van der Waals surface area contributed by atoms with Gasteiger partial charge in [-0.2, -0.15) is 6.92 Å². The van der Waals surface area contributed by atoms with Gasteiger partial charge in [0.2, 0.25) is 0 Å². The van der Waals surface area contributed by atoms with Crippen LogP contribution < -0.4 is 5.32 Å². The molecule has 0 aromatic carbocycles. The summed E-state index contributed by atoms with van der Waals surface area (Å²) < 4.78 is 17.6. The van der Waals surface area contributed by atoms with Crippen LogP contribution in [0.5, 0.6) is 0 Å². The number of likely N-dealkylation sites (N-methyl/N-ethyl adjacent to an activating group) is 1. The zero-order chi connectivity index (χ0) is 16.9. The van der Waals surface area contributed by atoms with Crippen LogP contribution in [0.1, 0.15) is 33.6 Å². The molecule has 8 heteroatoms. The fourth-order valence-electron chi connectivity index (χ4n) is 4.18. The molecule has 4 N–H and O–H groups in total. The summed E-state index contributed by atoms with van der Waals surface area (Å²) in [6.45, 7) is 5.64. The molecule has 0 amide bonds. The Hall–Kier alpha value is 0.824. The van der Waals surface area contributed by atoms with Crippen molar-refractivity contribution in [3.05, 3.63) is 5.92 Å². The molecule has 1 aliphatic carbocycles. The molecule has 3 aliphatic rings. The molecule has 0 unspecified atom stereocenters. The van der Waals surface area contributed by atoms with E-state index in [2.05, 4.69) is 5.32 Å². The third-order valence-corrected chi connectivity index (χ3v) is 5.54. The predicted octanol–water partition coefficient (Wildman–Crippen LogP) is -0.465. The van der Waals surface area contributed by atoms with Crippen molar-refractivity contribution in [2.45, 2.75) is 82.3 Å². The number of nitrogens with one attached hydrogen (secondary N) is 1. The Bertz CT molecular complexity index is 443. The topological polar surface area (TPSA) is 100 Å². The largest absolute Gasteiger partial charge is 0.391 e. The zero-order valence-electron chi connectivity index (χ0n) is 14.7. The molecule has 9 atom stereocenters. The van der Waals surface area contributed by atoms with E-state index in [1.54, 1.807) is 7.05 Å². The van der Waals surface area contributed by atoms with Gasteiger partial charge in [0.05, 0.1) is 24.0 Å². The third kappa shape index (κ3) is 3.25. The number of ether oxygens (including phenoxy) is 3. The van der Waals surface area contributed by atoms with Gasteiger partial charge < -0.3 is 34.8 Å². The minimum Gasteiger partial charge on any atom is -0.391 e. The van der Waals surface area contributed by atoms with Gasteiger partial charge in [-0.1, -0.05) is 6.92 Å². The van der Waals surface area contributed by atoms with E-state index >= 15 is 0 Å². The van der Waals surface area contributed by atoms with Gasteiger partial charge >= 0.3 is 0 Å². The molecule has 0 bridgehead atoms. The van der Waals surface area contributed by atoms with Crippen molar-refractivity contribution in [2.75, 3.05) is 7.05 Å². The Balaban J connectivity index is 0.00000208. The first kappa shape index (κ1) is 21.1. The van der Waals surface area contributed by atoms with E-state index in [-0.39, 0.29) is 44.7 Å². The number of hydrogen-bond acceptors (Lipinski definition) is 7. The zero-order valence-corrected chi connectivity index (χ0v) is 17.5. The van der Waals surface area contributed by atoms with Crippen LogP contribution in [0.3, 0.4) is 0 Å². The second-order valence-electron chi connectivity index (χ2n) is 7.01. The summed E-state index contributed by atoms with van der Waals surface area (Å²) in [5.74, 6) is -1.24. The van der Waals surface area contributed by atoms with Gasteiger partial charge in [0.1, 0.15) is 12.2 Å². The molecule has 0 aromatic heterocycles. The van der Waals surface area contributed by atoms with Gasteiger partial charge in [0, 0.05) is 44.7 Å². The maximum atomic E-state index is 10.9. The van der Waals surface area contributed by atoms with Gasteiger partial charge in [0.25, 0.3) is 0 Å². The molecular weight excluding hydrogens is 391 g/mol. The molecule has 0 spiro atoms. The van der Waals surface area contributed by atoms with Crippen LogP contribution in [0, 0.1) is 11.8 Å². The first-order chi connectivity index (χ1) is 10.8. The smallest absolute Gasteiger partial charge is 0.182 e. The molecule has 2 aliphatic heterocycles. The maximum absolute atomic E-state index is 10.9. The van der Waals surface area contributed by atoms with Crippen molar-refractivity contribution in [3.8, 4) is 0 Å². The number of rotatable bonds is 2. The van der Waals surface area contributed by atoms with E-state index in [0.717, 1.165) is 5.92 Å². The average Bonchev–Trinajstić information content (AvgIpc) is 2.49. The molecule has 2 saturated heterocycles. The summed E-state index contributed by atoms with van der Waals surface area (Å²) >= 11 is 0. The molecule has 1 saturated carbocycles. The number of fused-ring (bicyclic) bond motifs is 2. The first-order valence-corrected chi connectivity index (χ1v) is 8.40. The molecule has 2 heterocycles. The molecule has 1 radical (unpaired) electrons. The fraction of sp³-hybridized carbons (Fsp3) is 0.938. The summed E-state index contributed by atoms with van der Waals surface area (Å²) in [6, 6.07) is -0.439. The van der Waals surface area contributed by atoms with E-state index in [1.807, 2.05) is 20.8 Å². The van der Waals surface area contributed by atoms with Crippen LogP contribution in [0.15, 0.2) is 0 Å². The maximum Gasteiger partial charge on any atom is 0.182 e. The van der Waals surface area contributed by atoms with E-state index in [0.29, 0.717) is 12.8 Å². The van der Waals surface area contributed by atoms with Crippen LogP contribution in [0.4, 0.5) is 0 Å². The second-order valence-corrected chi connectivity index (χ2v) is 7.01. The van der Waals surface area contributed by atoms with E-state index in [4.69, 9.17) is 14.2 Å². The van der Waals surface area contributed by atoms with Crippen molar-refractivity contribution >= 4 is 0 Å². The summed E-state index contributed by atoms with van der Waals surface area (Å²) in [5, 5.41) is 35.1. The molecule has 137 valence electrons. The molecule has 0 aromatic rings. The van der Waals surface area contributed by atoms with Crippen molar-refractivity contribution < 1.29 is 62.2 Å². The minimum absolute atomic E-state index is 0. The third-order valence-electron chi connectivity index (χ3n) is 5.54. The van der Waals surface area contributed by atoms with Crippen LogP contribution >= 0.6 is 0 Å². The Morgan fingerprint density at radius 2 is 1.88 bits per heavy atom. The molecule has 7 nitrogen and oxygen atoms in total. The van der Waals surface area contributed by atoms with Crippen molar-refractivity contribution in [2.24, 2.45) is 5.92 Å². The Labute approximate surface area is 168 Å². The van der Waals surface area contributed by atoms with Gasteiger partial charge in [-0.3, -0.25) is 5.92 Å². The summed E-state index contributed by atoms with van der Waals surface area (Å²) in [7, 11) is 1.73. The van der Waals surface area contributed by atoms with Gasteiger partial charge in [-0.15, -0.1) is 6.42 Å². The van der Waals surface area contributed by atoms with Crippen molar-refractivity contribution in [1.82, 2.24) is 5.32 Å². The monoisotopic (exact) mass is 419 g/mol. The Kier molecular flexibility index (Phi) is 6.89. The first-order valence-electron chi connectivity index (χ1n) is 8.40. The minimum atomic E-state index is -1.65. The SMILES string of the molecule is CC[C@@H]1[C@H](O)[C@H](NC)[C@H]2O[C@@]3(O)[C-](C)C[C@@H](C)O[C@H]3O[C@@H]2[C@H]1O.[Y]. The normalized spacial score (nSPS) is 52.1. The van der Waals surface area contributed by atoms with E-state index in [1.165, 1.54) is 0 Å². The van der Waals surface area contributed by atoms with E-state index < -0.39 is 42.5 Å². The van der Waals surface area contributed by atoms with Crippen LogP contribution in [0.25, 0.3) is 0 Å². The number of aliphatic hydroxyl groups is 3. The predicted molar refractivity (Wildman–Crippen MR) is 81.2 cm³/mol. The molecule has 3 rings (SSSR count). The fourth-order valence-corrected chi connectivity index (χ4v) is 4.18. The Morgan fingerprint density at radius 1 is 1.21 bits per heavy atom. The Morgan fingerprint density at radius 3 is 2.46 bits per heavy atom. The number of hydrogen-bond donors (Lipinski definition) is 4. The van der Waals surface area contributed by atoms with E-state index in [9.17, 15) is 15.3 Å². The summed E-state index contributed by atoms with van der Waals surface area (Å²) in [5.41, 5.74) is 0. The van der Waals surface area contributed by atoms with Crippen molar-refractivity contribution in [3.63, 3.8) is 0 Å². The molecule has 3 fully saturated rings. The standard InChI is InChI=1S/C16H28NO6.Y/c1-5-9-11(18)10(17-4)13-14(12(9)19)22-15-16(20,23-13)7(2)6-8(3)21-15;/h8-15,17-20H,5-6H2,1-4H3;/q-1;/t8-,9-,10+,11+,12+,13-,14-,15+,16+;/m1./s1. The molecule has 24 heavy (non-hydrogen) atoms. The second kappa shape index (κ2) is 7.83. The van der Waals surface area contributed by atoms with Gasteiger partial charge in [-0.25, -0.2) is 0 Å².